The van der Waals surface area contributed by atoms with Gasteiger partial charge in [-0.15, -0.1) is 0 Å². The summed E-state index contributed by atoms with van der Waals surface area (Å²) in [6.45, 7) is 5.58. The van der Waals surface area contributed by atoms with Gasteiger partial charge in [0, 0.05) is 37.2 Å². The van der Waals surface area contributed by atoms with Crippen molar-refractivity contribution in [3.63, 3.8) is 0 Å². The van der Waals surface area contributed by atoms with Gasteiger partial charge in [-0.3, -0.25) is 14.5 Å². The Kier molecular flexibility index (Phi) is 8.90. The number of para-hydroxylation sites is 1. The number of anilines is 1. The molecule has 3 aromatic carbocycles. The Hall–Kier alpha value is -3.88. The Morgan fingerprint density at radius 3 is 2.49 bits per heavy atom. The second-order valence-corrected chi connectivity index (χ2v) is 11.4. The molecule has 41 heavy (non-hydrogen) atoms. The van der Waals surface area contributed by atoms with E-state index in [0.717, 1.165) is 29.9 Å². The fourth-order valence-electron chi connectivity index (χ4n) is 5.08. The molecule has 2 N–H and O–H groups in total. The number of aliphatic hydroxyl groups is 1. The van der Waals surface area contributed by atoms with E-state index in [0.29, 0.717) is 36.6 Å². The first-order valence-corrected chi connectivity index (χ1v) is 14.3. The van der Waals surface area contributed by atoms with Gasteiger partial charge in [0.1, 0.15) is 23.4 Å². The Morgan fingerprint density at radius 1 is 1.10 bits per heavy atom. The van der Waals surface area contributed by atoms with Gasteiger partial charge in [0.2, 0.25) is 5.91 Å². The Morgan fingerprint density at radius 2 is 1.80 bits per heavy atom. The van der Waals surface area contributed by atoms with Crippen LogP contribution in [-0.4, -0.2) is 65.6 Å². The summed E-state index contributed by atoms with van der Waals surface area (Å²) in [5.74, 6) is 1.92. The predicted octanol–water partition coefficient (Wildman–Crippen LogP) is 5.18. The van der Waals surface area contributed by atoms with Crippen molar-refractivity contribution in [2.45, 2.75) is 45.4 Å². The third-order valence-electron chi connectivity index (χ3n) is 7.73. The van der Waals surface area contributed by atoms with Crippen molar-refractivity contribution in [3.05, 3.63) is 83.9 Å². The molecule has 8 heteroatoms. The number of nitrogens with zero attached hydrogens (tertiary/aromatic N) is 2. The molecular weight excluding hydrogens is 518 g/mol. The van der Waals surface area contributed by atoms with Crippen LogP contribution in [0.1, 0.15) is 42.6 Å². The molecule has 0 saturated heterocycles. The SMILES string of the molecule is C[C@@H]1CN([C@H](C)CO)C(=O)c2cc(NC(=O)C3CC3)ccc2O[C@H]1CN(C)Cc1ccc(Oc2ccccc2)cc1. The highest BCUT2D eigenvalue weighted by Gasteiger charge is 2.34. The molecule has 0 bridgehead atoms. The molecule has 1 heterocycles. The van der Waals surface area contributed by atoms with E-state index in [4.69, 9.17) is 9.47 Å². The minimum Gasteiger partial charge on any atom is -0.488 e. The number of benzene rings is 3. The van der Waals surface area contributed by atoms with E-state index < -0.39 is 0 Å². The van der Waals surface area contributed by atoms with Gasteiger partial charge in [-0.05, 0) is 74.8 Å². The lowest BCUT2D eigenvalue weighted by Gasteiger charge is -2.38. The lowest BCUT2D eigenvalue weighted by atomic mass is 9.99. The number of hydrogen-bond acceptors (Lipinski definition) is 6. The maximum atomic E-state index is 13.6. The number of likely N-dealkylation sites (N-methyl/N-ethyl adjacent to an activating group) is 1. The van der Waals surface area contributed by atoms with Crippen molar-refractivity contribution in [2.24, 2.45) is 11.8 Å². The first kappa shape index (κ1) is 28.6. The average Bonchev–Trinajstić information content (AvgIpc) is 3.82. The second-order valence-electron chi connectivity index (χ2n) is 11.4. The fraction of sp³-hybridized carbons (Fsp3) is 0.394. The van der Waals surface area contributed by atoms with Gasteiger partial charge in [0.05, 0.1) is 18.2 Å². The fourth-order valence-corrected chi connectivity index (χ4v) is 5.08. The number of amides is 2. The lowest BCUT2D eigenvalue weighted by molar-refractivity contribution is -0.117. The minimum absolute atomic E-state index is 0.0134. The molecule has 0 unspecified atom stereocenters. The molecule has 3 atom stereocenters. The van der Waals surface area contributed by atoms with Crippen LogP contribution in [0.4, 0.5) is 5.69 Å². The van der Waals surface area contributed by atoms with Crippen molar-refractivity contribution < 1.29 is 24.2 Å². The summed E-state index contributed by atoms with van der Waals surface area (Å²) >= 11 is 0. The molecule has 8 nitrogen and oxygen atoms in total. The van der Waals surface area contributed by atoms with Crippen LogP contribution in [0.2, 0.25) is 0 Å². The highest BCUT2D eigenvalue weighted by Crippen LogP contribution is 2.33. The molecule has 0 aromatic heterocycles. The zero-order valence-electron chi connectivity index (χ0n) is 24.0. The van der Waals surface area contributed by atoms with E-state index >= 15 is 0 Å². The number of rotatable bonds is 10. The highest BCUT2D eigenvalue weighted by atomic mass is 16.5. The van der Waals surface area contributed by atoms with E-state index in [1.807, 2.05) is 49.4 Å². The van der Waals surface area contributed by atoms with Crippen molar-refractivity contribution >= 4 is 17.5 Å². The number of ether oxygens (including phenoxy) is 2. The lowest BCUT2D eigenvalue weighted by Crippen LogP contribution is -2.49. The van der Waals surface area contributed by atoms with Gasteiger partial charge in [-0.2, -0.15) is 0 Å². The molecule has 0 radical (unpaired) electrons. The number of fused-ring (bicyclic) bond motifs is 1. The first-order valence-electron chi connectivity index (χ1n) is 14.3. The van der Waals surface area contributed by atoms with Gasteiger partial charge >= 0.3 is 0 Å². The highest BCUT2D eigenvalue weighted by molar-refractivity contribution is 6.00. The van der Waals surface area contributed by atoms with E-state index in [9.17, 15) is 14.7 Å². The van der Waals surface area contributed by atoms with Crippen LogP contribution in [0.3, 0.4) is 0 Å². The molecule has 5 rings (SSSR count). The van der Waals surface area contributed by atoms with Crippen LogP contribution >= 0.6 is 0 Å². The second kappa shape index (κ2) is 12.7. The summed E-state index contributed by atoms with van der Waals surface area (Å²) in [6, 6.07) is 22.7. The molecule has 1 aliphatic carbocycles. The standard InChI is InChI=1S/C33H39N3O5/c1-22-18-36(23(2)21-37)33(39)29-17-26(34-32(38)25-11-12-25)13-16-30(29)41-31(22)20-35(3)19-24-9-14-28(15-10-24)40-27-7-5-4-6-8-27/h4-10,13-17,22-23,25,31,37H,11-12,18-21H2,1-3H3,(H,34,38)/t22-,23-,31+/m1/s1. The van der Waals surface area contributed by atoms with Gasteiger partial charge in [-0.1, -0.05) is 37.3 Å². The van der Waals surface area contributed by atoms with Crippen LogP contribution < -0.4 is 14.8 Å². The minimum atomic E-state index is -0.351. The Balaban J connectivity index is 1.30. The first-order chi connectivity index (χ1) is 19.8. The summed E-state index contributed by atoms with van der Waals surface area (Å²) in [5.41, 5.74) is 2.12. The van der Waals surface area contributed by atoms with Gasteiger partial charge in [-0.25, -0.2) is 0 Å². The Labute approximate surface area is 241 Å². The molecule has 2 aliphatic rings. The van der Waals surface area contributed by atoms with Crippen molar-refractivity contribution in [1.29, 1.82) is 0 Å². The summed E-state index contributed by atoms with van der Waals surface area (Å²) in [4.78, 5) is 29.9. The third-order valence-corrected chi connectivity index (χ3v) is 7.73. The topological polar surface area (TPSA) is 91.3 Å². The normalized spacial score (nSPS) is 19.5. The number of carbonyl (C=O) groups excluding carboxylic acids is 2. The number of nitrogens with one attached hydrogen (secondary N) is 1. The van der Waals surface area contributed by atoms with E-state index in [2.05, 4.69) is 36.3 Å². The Bertz CT molecular complexity index is 1340. The molecule has 1 saturated carbocycles. The van der Waals surface area contributed by atoms with Crippen LogP contribution in [0, 0.1) is 11.8 Å². The largest absolute Gasteiger partial charge is 0.488 e. The maximum absolute atomic E-state index is 13.6. The smallest absolute Gasteiger partial charge is 0.258 e. The van der Waals surface area contributed by atoms with Crippen LogP contribution in [-0.2, 0) is 11.3 Å². The van der Waals surface area contributed by atoms with Gasteiger partial charge in [0.25, 0.3) is 5.91 Å². The molecule has 3 aromatic rings. The molecule has 2 amide bonds. The summed E-state index contributed by atoms with van der Waals surface area (Å²) in [6.07, 6.45) is 1.60. The summed E-state index contributed by atoms with van der Waals surface area (Å²) in [5, 5.41) is 12.9. The molecular formula is C33H39N3O5. The molecule has 216 valence electrons. The predicted molar refractivity (Wildman–Crippen MR) is 158 cm³/mol. The van der Waals surface area contributed by atoms with E-state index in [-0.39, 0.29) is 42.4 Å². The van der Waals surface area contributed by atoms with Gasteiger partial charge in [0.15, 0.2) is 0 Å². The van der Waals surface area contributed by atoms with E-state index in [1.54, 1.807) is 23.1 Å². The molecule has 1 aliphatic heterocycles. The van der Waals surface area contributed by atoms with Crippen LogP contribution in [0.15, 0.2) is 72.8 Å². The van der Waals surface area contributed by atoms with Crippen molar-refractivity contribution in [2.75, 3.05) is 32.1 Å². The molecule has 0 spiro atoms. The van der Waals surface area contributed by atoms with Crippen molar-refractivity contribution in [3.8, 4) is 17.2 Å². The quantitative estimate of drug-likeness (QED) is 0.357. The zero-order valence-corrected chi connectivity index (χ0v) is 24.0. The number of carbonyl (C=O) groups is 2. The van der Waals surface area contributed by atoms with Crippen LogP contribution in [0.5, 0.6) is 17.2 Å². The zero-order chi connectivity index (χ0) is 28.9. The van der Waals surface area contributed by atoms with Crippen molar-refractivity contribution in [1.82, 2.24) is 9.80 Å². The average molecular weight is 558 g/mol. The van der Waals surface area contributed by atoms with E-state index in [1.165, 1.54) is 0 Å². The monoisotopic (exact) mass is 557 g/mol. The number of aliphatic hydroxyl groups excluding tert-OH is 1. The van der Waals surface area contributed by atoms with Crippen LogP contribution in [0.25, 0.3) is 0 Å². The summed E-state index contributed by atoms with van der Waals surface area (Å²) in [7, 11) is 2.06. The molecule has 1 fully saturated rings. The maximum Gasteiger partial charge on any atom is 0.258 e. The number of hydrogen-bond donors (Lipinski definition) is 2. The summed E-state index contributed by atoms with van der Waals surface area (Å²) < 4.78 is 12.4. The van der Waals surface area contributed by atoms with Gasteiger partial charge < -0.3 is 24.8 Å². The third kappa shape index (κ3) is 7.26.